The molecule has 0 spiro atoms. The fraction of sp³-hybridized carbons (Fsp3) is 0.333. The van der Waals surface area contributed by atoms with Crippen LogP contribution in [0.2, 0.25) is 10.0 Å². The number of aryl methyl sites for hydroxylation is 1. The Kier molecular flexibility index (Phi) is 11.1. The smallest absolute Gasteiger partial charge is 0.264 e. The van der Waals surface area contributed by atoms with E-state index in [1.165, 1.54) is 17.0 Å². The molecule has 8 nitrogen and oxygen atoms in total. The molecule has 3 aromatic rings. The number of amides is 2. The zero-order valence-electron chi connectivity index (χ0n) is 23.7. The number of carbonyl (C=O) groups excluding carboxylic acids is 2. The van der Waals surface area contributed by atoms with Crippen LogP contribution in [0.1, 0.15) is 38.8 Å². The summed E-state index contributed by atoms with van der Waals surface area (Å²) in [6.07, 6.45) is 0. The monoisotopic (exact) mass is 619 g/mol. The van der Waals surface area contributed by atoms with Crippen molar-refractivity contribution in [2.24, 2.45) is 0 Å². The Balaban J connectivity index is 2.10. The summed E-state index contributed by atoms with van der Waals surface area (Å²) < 4.78 is 34.8. The normalized spacial score (nSPS) is 12.1. The van der Waals surface area contributed by atoms with Crippen molar-refractivity contribution in [2.75, 3.05) is 17.5 Å². The molecule has 1 N–H and O–H groups in total. The topological polar surface area (TPSA) is 96.0 Å². The molecule has 0 radical (unpaired) electrons. The second-order valence-corrected chi connectivity index (χ2v) is 12.5. The molecule has 0 saturated carbocycles. The largest absolute Gasteiger partial charge is 0.492 e. The van der Waals surface area contributed by atoms with Crippen molar-refractivity contribution in [3.8, 4) is 5.75 Å². The number of para-hydroxylation sites is 2. The molecule has 0 aliphatic carbocycles. The predicted molar refractivity (Wildman–Crippen MR) is 163 cm³/mol. The molecule has 2 amide bonds. The number of rotatable bonds is 12. The fourth-order valence-electron chi connectivity index (χ4n) is 4.11. The van der Waals surface area contributed by atoms with Gasteiger partial charge in [-0.3, -0.25) is 13.9 Å². The zero-order chi connectivity index (χ0) is 30.3. The van der Waals surface area contributed by atoms with Gasteiger partial charge in [-0.25, -0.2) is 8.42 Å². The van der Waals surface area contributed by atoms with Crippen molar-refractivity contribution in [2.45, 2.75) is 58.1 Å². The molecule has 0 unspecified atom stereocenters. The summed E-state index contributed by atoms with van der Waals surface area (Å²) in [7, 11) is -4.23. The first-order valence-electron chi connectivity index (χ1n) is 13.2. The number of sulfonamides is 1. The second-order valence-electron chi connectivity index (χ2n) is 9.82. The molecule has 0 saturated heterocycles. The third-order valence-corrected chi connectivity index (χ3v) is 8.64. The number of carbonyl (C=O) groups is 2. The third kappa shape index (κ3) is 8.15. The van der Waals surface area contributed by atoms with Gasteiger partial charge in [0.05, 0.1) is 17.2 Å². The molecular formula is C30H35Cl2N3O5S. The summed E-state index contributed by atoms with van der Waals surface area (Å²) in [5, 5.41) is 3.56. The molecular weight excluding hydrogens is 585 g/mol. The highest BCUT2D eigenvalue weighted by Crippen LogP contribution is 2.33. The highest BCUT2D eigenvalue weighted by atomic mass is 35.5. The van der Waals surface area contributed by atoms with Gasteiger partial charge in [0.15, 0.2) is 0 Å². The second kappa shape index (κ2) is 14.1. The van der Waals surface area contributed by atoms with Gasteiger partial charge in [0.2, 0.25) is 11.8 Å². The van der Waals surface area contributed by atoms with E-state index in [1.54, 1.807) is 68.4 Å². The minimum Gasteiger partial charge on any atom is -0.492 e. The Hall–Kier alpha value is -3.27. The molecule has 11 heteroatoms. The van der Waals surface area contributed by atoms with Crippen molar-refractivity contribution >= 4 is 50.7 Å². The van der Waals surface area contributed by atoms with Crippen LogP contribution in [0.4, 0.5) is 5.69 Å². The van der Waals surface area contributed by atoms with Gasteiger partial charge in [-0.15, -0.1) is 0 Å². The highest BCUT2D eigenvalue weighted by Gasteiger charge is 2.34. The van der Waals surface area contributed by atoms with E-state index in [2.05, 4.69) is 5.32 Å². The lowest BCUT2D eigenvalue weighted by Gasteiger charge is -2.33. The SMILES string of the molecule is CCOc1ccccc1N(CC(=O)N(Cc1ccc(Cl)cc1Cl)[C@@H](C)C(=O)NC(C)C)S(=O)(=O)c1ccc(C)cc1. The van der Waals surface area contributed by atoms with Gasteiger partial charge in [0.25, 0.3) is 10.0 Å². The van der Waals surface area contributed by atoms with Crippen LogP contribution in [-0.4, -0.2) is 50.4 Å². The average molecular weight is 621 g/mol. The Morgan fingerprint density at radius 2 is 1.63 bits per heavy atom. The number of benzene rings is 3. The van der Waals surface area contributed by atoms with E-state index < -0.39 is 28.5 Å². The lowest BCUT2D eigenvalue weighted by Crippen LogP contribution is -2.52. The summed E-state index contributed by atoms with van der Waals surface area (Å²) in [5.41, 5.74) is 1.64. The van der Waals surface area contributed by atoms with Gasteiger partial charge in [-0.2, -0.15) is 0 Å². The van der Waals surface area contributed by atoms with E-state index in [9.17, 15) is 18.0 Å². The fourth-order valence-corrected chi connectivity index (χ4v) is 6.01. The lowest BCUT2D eigenvalue weighted by molar-refractivity contribution is -0.139. The zero-order valence-corrected chi connectivity index (χ0v) is 26.1. The van der Waals surface area contributed by atoms with E-state index in [0.29, 0.717) is 21.4 Å². The minimum atomic E-state index is -4.23. The van der Waals surface area contributed by atoms with Gasteiger partial charge < -0.3 is 15.0 Å². The first-order chi connectivity index (χ1) is 19.3. The molecule has 41 heavy (non-hydrogen) atoms. The van der Waals surface area contributed by atoms with Gasteiger partial charge >= 0.3 is 0 Å². The number of nitrogens with zero attached hydrogens (tertiary/aromatic N) is 2. The van der Waals surface area contributed by atoms with E-state index in [4.69, 9.17) is 27.9 Å². The van der Waals surface area contributed by atoms with Crippen LogP contribution in [0.3, 0.4) is 0 Å². The molecule has 220 valence electrons. The number of ether oxygens (including phenoxy) is 1. The lowest BCUT2D eigenvalue weighted by atomic mass is 10.1. The Morgan fingerprint density at radius 3 is 2.24 bits per heavy atom. The minimum absolute atomic E-state index is 0.0140. The van der Waals surface area contributed by atoms with Gasteiger partial charge in [0, 0.05) is 22.6 Å². The van der Waals surface area contributed by atoms with Crippen LogP contribution >= 0.6 is 23.2 Å². The van der Waals surface area contributed by atoms with Crippen molar-refractivity contribution < 1.29 is 22.7 Å². The number of hydrogen-bond donors (Lipinski definition) is 1. The Labute approximate surface area is 252 Å². The number of nitrogens with one attached hydrogen (secondary N) is 1. The summed E-state index contributed by atoms with van der Waals surface area (Å²) in [5.74, 6) is -0.693. The summed E-state index contributed by atoms with van der Waals surface area (Å²) >= 11 is 12.5. The standard InChI is InChI=1S/C30H35Cl2N3O5S/c1-6-40-28-10-8-7-9-27(28)35(41(38,39)25-15-11-21(4)12-16-25)19-29(36)34(22(5)30(37)33-20(2)3)18-23-13-14-24(31)17-26(23)32/h7-17,20,22H,6,18-19H2,1-5H3,(H,33,37)/t22-/m0/s1. The van der Waals surface area contributed by atoms with E-state index >= 15 is 0 Å². The van der Waals surface area contributed by atoms with Gasteiger partial charge in [-0.05, 0) is 76.6 Å². The first-order valence-corrected chi connectivity index (χ1v) is 15.4. The van der Waals surface area contributed by atoms with Crippen molar-refractivity contribution in [3.05, 3.63) is 87.9 Å². The summed E-state index contributed by atoms with van der Waals surface area (Å²) in [6.45, 7) is 8.50. The van der Waals surface area contributed by atoms with Crippen molar-refractivity contribution in [1.82, 2.24) is 10.2 Å². The maximum absolute atomic E-state index is 14.1. The molecule has 0 fully saturated rings. The molecule has 0 bridgehead atoms. The maximum atomic E-state index is 14.1. The van der Waals surface area contributed by atoms with Crippen molar-refractivity contribution in [3.63, 3.8) is 0 Å². The van der Waals surface area contributed by atoms with Crippen LogP contribution < -0.4 is 14.4 Å². The molecule has 1 atom stereocenters. The van der Waals surface area contributed by atoms with Crippen LogP contribution in [0, 0.1) is 6.92 Å². The van der Waals surface area contributed by atoms with E-state index in [0.717, 1.165) is 9.87 Å². The number of hydrogen-bond acceptors (Lipinski definition) is 5. The molecule has 0 heterocycles. The molecule has 3 rings (SSSR count). The summed E-state index contributed by atoms with van der Waals surface area (Å²) in [4.78, 5) is 28.5. The molecule has 0 aromatic heterocycles. The van der Waals surface area contributed by atoms with Crippen LogP contribution in [0.5, 0.6) is 5.75 Å². The molecule has 3 aromatic carbocycles. The van der Waals surface area contributed by atoms with E-state index in [-0.39, 0.29) is 35.7 Å². The quantitative estimate of drug-likeness (QED) is 0.275. The van der Waals surface area contributed by atoms with Crippen LogP contribution in [0.25, 0.3) is 0 Å². The van der Waals surface area contributed by atoms with Gasteiger partial charge in [-0.1, -0.05) is 59.1 Å². The Bertz CT molecular complexity index is 1480. The third-order valence-electron chi connectivity index (χ3n) is 6.28. The highest BCUT2D eigenvalue weighted by molar-refractivity contribution is 7.92. The molecule has 0 aliphatic heterocycles. The van der Waals surface area contributed by atoms with Crippen LogP contribution in [0.15, 0.2) is 71.6 Å². The predicted octanol–water partition coefficient (Wildman–Crippen LogP) is 5.84. The first kappa shape index (κ1) is 32.2. The number of halogens is 2. The Morgan fingerprint density at radius 1 is 0.976 bits per heavy atom. The maximum Gasteiger partial charge on any atom is 0.264 e. The van der Waals surface area contributed by atoms with E-state index in [1.807, 2.05) is 20.8 Å². The number of anilines is 1. The average Bonchev–Trinajstić information content (AvgIpc) is 2.91. The summed E-state index contributed by atoms with van der Waals surface area (Å²) in [6, 6.07) is 16.7. The molecule has 0 aliphatic rings. The van der Waals surface area contributed by atoms with Crippen LogP contribution in [-0.2, 0) is 26.2 Å². The van der Waals surface area contributed by atoms with Crippen molar-refractivity contribution in [1.29, 1.82) is 0 Å². The van der Waals surface area contributed by atoms with Gasteiger partial charge in [0.1, 0.15) is 18.3 Å².